The molecule has 446 valence electrons. The minimum Gasteiger partial charge on any atom is -0.462 e. The van der Waals surface area contributed by atoms with E-state index in [1.54, 1.807) is 0 Å². The Morgan fingerprint density at radius 1 is 0.269 bits per heavy atom. The largest absolute Gasteiger partial charge is 0.462 e. The molecule has 0 aromatic rings. The molecule has 0 N–H and O–H groups in total. The first-order valence-electron chi connectivity index (χ1n) is 32.9. The standard InChI is InChI=1S/C72H122O6/c1-4-7-10-13-16-19-22-25-28-31-33-34-35-36-37-38-40-41-44-47-50-53-56-59-62-65-71(74)77-68-69(67-76-70(73)64-61-58-55-52-49-46-43-30-27-24-21-18-15-12-9-6-3)78-72(75)66-63-60-57-54-51-48-45-42-39-32-29-26-23-20-17-14-11-8-5-2/h7,10,16-17,19-20,25-26,28-30,33-34,36-37,39,42-43,69H,4-6,8-9,11-15,18,21-24,27,31-32,35,38,40-41,44-68H2,1-3H3/b10-7-,19-16-,20-17-,28-25-,29-26-,34-33-,37-36-,42-39-,43-30-. The normalized spacial score (nSPS) is 12.8. The van der Waals surface area contributed by atoms with Gasteiger partial charge in [0.2, 0.25) is 0 Å². The van der Waals surface area contributed by atoms with E-state index in [4.69, 9.17) is 14.2 Å². The van der Waals surface area contributed by atoms with E-state index in [0.29, 0.717) is 19.3 Å². The molecule has 0 aliphatic carbocycles. The van der Waals surface area contributed by atoms with Crippen LogP contribution in [0.2, 0.25) is 0 Å². The fourth-order valence-electron chi connectivity index (χ4n) is 9.06. The van der Waals surface area contributed by atoms with Crippen LogP contribution >= 0.6 is 0 Å². The van der Waals surface area contributed by atoms with Crippen molar-refractivity contribution in [2.75, 3.05) is 13.2 Å². The van der Waals surface area contributed by atoms with Crippen LogP contribution in [0.4, 0.5) is 0 Å². The highest BCUT2D eigenvalue weighted by Crippen LogP contribution is 2.15. The first-order valence-corrected chi connectivity index (χ1v) is 32.9. The van der Waals surface area contributed by atoms with Gasteiger partial charge in [0.25, 0.3) is 0 Å². The SMILES string of the molecule is CC/C=C\C/C=C\C/C=C\C/C=C\C/C=C\CCCCCCCCCCCC(=O)OCC(COC(=O)CCCCCCC/C=C\CCCCCCCCC)OC(=O)CCCCCCCC/C=C\C/C=C\C/C=C\CCCCC. The van der Waals surface area contributed by atoms with Crippen molar-refractivity contribution < 1.29 is 28.6 Å². The fraction of sp³-hybridized carbons (Fsp3) is 0.708. The molecule has 1 unspecified atom stereocenters. The molecule has 6 heteroatoms. The Morgan fingerprint density at radius 3 is 0.821 bits per heavy atom. The van der Waals surface area contributed by atoms with E-state index >= 15 is 0 Å². The van der Waals surface area contributed by atoms with Crippen molar-refractivity contribution in [1.29, 1.82) is 0 Å². The number of hydrogen-bond donors (Lipinski definition) is 0. The molecule has 0 rings (SSSR count). The average Bonchev–Trinajstić information content (AvgIpc) is 3.44. The molecule has 0 saturated carbocycles. The van der Waals surface area contributed by atoms with E-state index in [1.807, 2.05) is 0 Å². The quantitative estimate of drug-likeness (QED) is 0.0261. The Labute approximate surface area is 482 Å². The molecule has 1 atom stereocenters. The third-order valence-corrected chi connectivity index (χ3v) is 14.0. The van der Waals surface area contributed by atoms with E-state index in [1.165, 1.54) is 141 Å². The third-order valence-electron chi connectivity index (χ3n) is 14.0. The molecule has 0 fully saturated rings. The Bertz CT molecular complexity index is 1570. The van der Waals surface area contributed by atoms with Gasteiger partial charge in [0.15, 0.2) is 6.10 Å². The summed E-state index contributed by atoms with van der Waals surface area (Å²) in [5.74, 6) is -0.907. The molecule has 0 spiro atoms. The smallest absolute Gasteiger partial charge is 0.306 e. The van der Waals surface area contributed by atoms with Crippen LogP contribution in [0, 0.1) is 0 Å². The number of allylic oxidation sites excluding steroid dienone is 18. The van der Waals surface area contributed by atoms with Gasteiger partial charge in [0, 0.05) is 19.3 Å². The van der Waals surface area contributed by atoms with E-state index in [-0.39, 0.29) is 31.1 Å². The maximum absolute atomic E-state index is 12.9. The number of rotatable bonds is 59. The van der Waals surface area contributed by atoms with Gasteiger partial charge in [-0.1, -0.05) is 271 Å². The lowest BCUT2D eigenvalue weighted by Gasteiger charge is -2.18. The van der Waals surface area contributed by atoms with Crippen LogP contribution in [0.1, 0.15) is 310 Å². The van der Waals surface area contributed by atoms with Gasteiger partial charge in [-0.3, -0.25) is 14.4 Å². The zero-order valence-electron chi connectivity index (χ0n) is 51.2. The van der Waals surface area contributed by atoms with Gasteiger partial charge >= 0.3 is 17.9 Å². The molecule has 0 aliphatic rings. The Hall–Kier alpha value is -3.93. The third kappa shape index (κ3) is 62.9. The minimum absolute atomic E-state index is 0.0896. The van der Waals surface area contributed by atoms with Crippen LogP contribution in [-0.4, -0.2) is 37.2 Å². The summed E-state index contributed by atoms with van der Waals surface area (Å²) in [6.07, 6.45) is 89.4. The summed E-state index contributed by atoms with van der Waals surface area (Å²) < 4.78 is 16.9. The molecular formula is C72H122O6. The number of carbonyl (C=O) groups excluding carboxylic acids is 3. The Balaban J connectivity index is 4.40. The minimum atomic E-state index is -0.794. The van der Waals surface area contributed by atoms with Crippen LogP contribution in [0.3, 0.4) is 0 Å². The maximum Gasteiger partial charge on any atom is 0.306 e. The number of hydrogen-bond acceptors (Lipinski definition) is 6. The summed E-state index contributed by atoms with van der Waals surface area (Å²) in [5, 5.41) is 0. The highest BCUT2D eigenvalue weighted by molar-refractivity contribution is 5.71. The molecule has 0 aliphatic heterocycles. The Morgan fingerprint density at radius 2 is 0.500 bits per heavy atom. The highest BCUT2D eigenvalue weighted by Gasteiger charge is 2.19. The van der Waals surface area contributed by atoms with Crippen molar-refractivity contribution >= 4 is 17.9 Å². The molecule has 0 saturated heterocycles. The summed E-state index contributed by atoms with van der Waals surface area (Å²) in [6.45, 7) is 6.50. The number of unbranched alkanes of at least 4 members (excludes halogenated alkanes) is 30. The maximum atomic E-state index is 12.9. The highest BCUT2D eigenvalue weighted by atomic mass is 16.6. The summed E-state index contributed by atoms with van der Waals surface area (Å²) in [7, 11) is 0. The number of esters is 3. The first kappa shape index (κ1) is 74.1. The topological polar surface area (TPSA) is 78.9 Å². The second kappa shape index (κ2) is 65.6. The van der Waals surface area contributed by atoms with Crippen LogP contribution in [-0.2, 0) is 28.6 Å². The summed E-state index contributed by atoms with van der Waals surface area (Å²) in [4.78, 5) is 38.4. The molecule has 78 heavy (non-hydrogen) atoms. The fourth-order valence-corrected chi connectivity index (χ4v) is 9.06. The number of ether oxygens (including phenoxy) is 3. The van der Waals surface area contributed by atoms with Crippen LogP contribution in [0.25, 0.3) is 0 Å². The molecule has 0 amide bonds. The van der Waals surface area contributed by atoms with Crippen molar-refractivity contribution in [3.63, 3.8) is 0 Å². The second-order valence-electron chi connectivity index (χ2n) is 21.6. The van der Waals surface area contributed by atoms with Gasteiger partial charge in [0.1, 0.15) is 13.2 Å². The van der Waals surface area contributed by atoms with Crippen molar-refractivity contribution in [1.82, 2.24) is 0 Å². The first-order chi connectivity index (χ1) is 38.5. The van der Waals surface area contributed by atoms with Gasteiger partial charge in [-0.05, 0) is 128 Å². The summed E-state index contributed by atoms with van der Waals surface area (Å²) in [5.41, 5.74) is 0. The second-order valence-corrected chi connectivity index (χ2v) is 21.6. The molecule has 6 nitrogen and oxygen atoms in total. The van der Waals surface area contributed by atoms with E-state index in [9.17, 15) is 14.4 Å². The molecular weight excluding hydrogens is 961 g/mol. The van der Waals surface area contributed by atoms with Gasteiger partial charge in [-0.15, -0.1) is 0 Å². The van der Waals surface area contributed by atoms with Crippen LogP contribution in [0.5, 0.6) is 0 Å². The summed E-state index contributed by atoms with van der Waals surface area (Å²) >= 11 is 0. The predicted octanol–water partition coefficient (Wildman–Crippen LogP) is 22.6. The van der Waals surface area contributed by atoms with E-state index in [0.717, 1.165) is 128 Å². The van der Waals surface area contributed by atoms with Gasteiger partial charge in [-0.2, -0.15) is 0 Å². The average molecular weight is 1080 g/mol. The van der Waals surface area contributed by atoms with Crippen LogP contribution < -0.4 is 0 Å². The molecule has 0 heterocycles. The lowest BCUT2D eigenvalue weighted by Crippen LogP contribution is -2.30. The lowest BCUT2D eigenvalue weighted by molar-refractivity contribution is -0.167. The molecule has 0 aromatic heterocycles. The van der Waals surface area contributed by atoms with Gasteiger partial charge in [-0.25, -0.2) is 0 Å². The predicted molar refractivity (Wildman–Crippen MR) is 339 cm³/mol. The summed E-state index contributed by atoms with van der Waals surface area (Å²) in [6, 6.07) is 0. The van der Waals surface area contributed by atoms with Crippen molar-refractivity contribution in [2.45, 2.75) is 316 Å². The zero-order valence-corrected chi connectivity index (χ0v) is 51.2. The monoisotopic (exact) mass is 1080 g/mol. The van der Waals surface area contributed by atoms with E-state index < -0.39 is 6.10 Å². The number of carbonyl (C=O) groups is 3. The van der Waals surface area contributed by atoms with Crippen molar-refractivity contribution in [3.05, 3.63) is 109 Å². The van der Waals surface area contributed by atoms with Crippen LogP contribution in [0.15, 0.2) is 109 Å². The molecule has 0 radical (unpaired) electrons. The lowest BCUT2D eigenvalue weighted by atomic mass is 10.1. The van der Waals surface area contributed by atoms with Crippen molar-refractivity contribution in [3.8, 4) is 0 Å². The van der Waals surface area contributed by atoms with E-state index in [2.05, 4.69) is 130 Å². The molecule has 0 bridgehead atoms. The van der Waals surface area contributed by atoms with Crippen molar-refractivity contribution in [2.24, 2.45) is 0 Å². The van der Waals surface area contributed by atoms with Gasteiger partial charge < -0.3 is 14.2 Å². The molecule has 0 aromatic carbocycles. The zero-order chi connectivity index (χ0) is 56.4. The van der Waals surface area contributed by atoms with Gasteiger partial charge in [0.05, 0.1) is 0 Å². The Kier molecular flexibility index (Phi) is 62.3.